The molecule has 168 valence electrons. The van der Waals surface area contributed by atoms with Crippen LogP contribution in [0, 0.1) is 5.41 Å². The molecule has 2 aromatic rings. The molecule has 1 aliphatic heterocycles. The van der Waals surface area contributed by atoms with E-state index in [4.69, 9.17) is 11.1 Å². The van der Waals surface area contributed by atoms with Gasteiger partial charge in [0.1, 0.15) is 5.84 Å². The lowest BCUT2D eigenvalue weighted by atomic mass is 9.82. The summed E-state index contributed by atoms with van der Waals surface area (Å²) in [6, 6.07) is 7.92. The van der Waals surface area contributed by atoms with E-state index >= 15 is 0 Å². The number of nitrogens with zero attached hydrogens (tertiary/aromatic N) is 1. The molecule has 6 N–H and O–H groups in total. The highest BCUT2D eigenvalue weighted by molar-refractivity contribution is 7.08. The molecule has 1 aliphatic rings. The smallest absolute Gasteiger partial charge is 0.312 e. The Morgan fingerprint density at radius 1 is 1.22 bits per heavy atom. The Labute approximate surface area is 187 Å². The predicted octanol–water partition coefficient (Wildman–Crippen LogP) is 0.481. The number of carbonyl (C=O) groups excluding carboxylic acids is 3. The predicted molar refractivity (Wildman–Crippen MR) is 117 cm³/mol. The molecule has 1 atom stereocenters. The third-order valence-corrected chi connectivity index (χ3v) is 6.04. The van der Waals surface area contributed by atoms with Crippen molar-refractivity contribution in [3.8, 4) is 0 Å². The zero-order valence-electron chi connectivity index (χ0n) is 17.1. The molecule has 0 radical (unpaired) electrons. The largest absolute Gasteiger partial charge is 0.481 e. The third-order valence-electron chi connectivity index (χ3n) is 5.36. The first-order chi connectivity index (χ1) is 15.2. The van der Waals surface area contributed by atoms with Gasteiger partial charge in [-0.2, -0.15) is 11.3 Å². The Hall–Kier alpha value is -3.73. The summed E-state index contributed by atoms with van der Waals surface area (Å²) in [6.07, 6.45) is -0.307. The molecule has 1 fully saturated rings. The summed E-state index contributed by atoms with van der Waals surface area (Å²) >= 11 is 1.35. The summed E-state index contributed by atoms with van der Waals surface area (Å²) in [5.74, 6) is -3.20. The van der Waals surface area contributed by atoms with Crippen LogP contribution in [-0.2, 0) is 19.9 Å². The quantitative estimate of drug-likeness (QED) is 0.209. The van der Waals surface area contributed by atoms with E-state index in [1.54, 1.807) is 29.0 Å². The van der Waals surface area contributed by atoms with Crippen LogP contribution in [0.3, 0.4) is 0 Å². The lowest BCUT2D eigenvalue weighted by molar-refractivity contribution is -0.156. The zero-order valence-corrected chi connectivity index (χ0v) is 17.9. The van der Waals surface area contributed by atoms with E-state index in [0.717, 1.165) is 0 Å². The van der Waals surface area contributed by atoms with E-state index < -0.39 is 35.7 Å². The minimum Gasteiger partial charge on any atom is -0.481 e. The number of hydrogen-bond donors (Lipinski definition) is 5. The van der Waals surface area contributed by atoms with Gasteiger partial charge in [-0.1, -0.05) is 12.1 Å². The maximum atomic E-state index is 12.7. The first-order valence-corrected chi connectivity index (χ1v) is 10.8. The Bertz CT molecular complexity index is 1040. The van der Waals surface area contributed by atoms with Gasteiger partial charge >= 0.3 is 17.8 Å². The van der Waals surface area contributed by atoms with Crippen LogP contribution in [-0.4, -0.2) is 59.2 Å². The summed E-state index contributed by atoms with van der Waals surface area (Å²) < 4.78 is 0. The van der Waals surface area contributed by atoms with Crippen molar-refractivity contribution >= 4 is 40.9 Å². The highest BCUT2D eigenvalue weighted by Gasteiger charge is 2.46. The van der Waals surface area contributed by atoms with E-state index in [9.17, 15) is 24.3 Å². The molecule has 0 bridgehead atoms. The number of hydrogen-bond acceptors (Lipinski definition) is 6. The molecule has 0 aliphatic carbocycles. The maximum Gasteiger partial charge on any atom is 0.312 e. The highest BCUT2D eigenvalue weighted by Crippen LogP contribution is 2.37. The third kappa shape index (κ3) is 4.78. The number of aliphatic carboxylic acids is 1. The Kier molecular flexibility index (Phi) is 6.89. The monoisotopic (exact) mass is 457 g/mol. The van der Waals surface area contributed by atoms with Crippen LogP contribution in [0.4, 0.5) is 0 Å². The average Bonchev–Trinajstić information content (AvgIpc) is 3.30. The lowest BCUT2D eigenvalue weighted by Gasteiger charge is -2.44. The topological polar surface area (TPSA) is 166 Å². The van der Waals surface area contributed by atoms with E-state index in [2.05, 4.69) is 10.6 Å². The van der Waals surface area contributed by atoms with Crippen molar-refractivity contribution in [3.63, 3.8) is 0 Å². The molecule has 0 saturated carbocycles. The van der Waals surface area contributed by atoms with Gasteiger partial charge in [0.25, 0.3) is 5.91 Å². The molecule has 1 saturated heterocycles. The van der Waals surface area contributed by atoms with Gasteiger partial charge in [-0.05, 0) is 40.9 Å². The van der Waals surface area contributed by atoms with Crippen LogP contribution in [0.5, 0.6) is 0 Å². The molecule has 3 rings (SSSR count). The Morgan fingerprint density at radius 3 is 2.50 bits per heavy atom. The molecular weight excluding hydrogens is 434 g/mol. The van der Waals surface area contributed by atoms with Gasteiger partial charge in [0.2, 0.25) is 0 Å². The van der Waals surface area contributed by atoms with Crippen molar-refractivity contribution in [1.29, 1.82) is 5.41 Å². The molecule has 1 aromatic carbocycles. The second kappa shape index (κ2) is 9.60. The van der Waals surface area contributed by atoms with Gasteiger partial charge in [0.15, 0.2) is 0 Å². The van der Waals surface area contributed by atoms with Crippen molar-refractivity contribution in [2.45, 2.75) is 18.4 Å². The molecule has 11 heteroatoms. The van der Waals surface area contributed by atoms with Gasteiger partial charge < -0.3 is 26.4 Å². The van der Waals surface area contributed by atoms with Gasteiger partial charge in [0, 0.05) is 30.8 Å². The molecule has 10 nitrogen and oxygen atoms in total. The molecule has 0 spiro atoms. The summed E-state index contributed by atoms with van der Waals surface area (Å²) in [4.78, 5) is 50.3. The van der Waals surface area contributed by atoms with E-state index in [-0.39, 0.29) is 31.9 Å². The van der Waals surface area contributed by atoms with Crippen LogP contribution < -0.4 is 16.4 Å². The van der Waals surface area contributed by atoms with E-state index in [1.165, 1.54) is 28.4 Å². The first-order valence-electron chi connectivity index (χ1n) is 9.81. The van der Waals surface area contributed by atoms with Gasteiger partial charge in [-0.15, -0.1) is 0 Å². The number of carboxylic acid groups (broad SMARTS) is 1. The Balaban J connectivity index is 1.83. The average molecular weight is 458 g/mol. The number of piperazine rings is 1. The summed E-state index contributed by atoms with van der Waals surface area (Å²) in [6.45, 7) is 0.445. The van der Waals surface area contributed by atoms with Crippen molar-refractivity contribution in [1.82, 2.24) is 15.5 Å². The first kappa shape index (κ1) is 22.9. The number of carbonyl (C=O) groups is 4. The number of nitrogens with two attached hydrogens (primary N) is 1. The summed E-state index contributed by atoms with van der Waals surface area (Å²) in [5.41, 5.74) is 5.58. The van der Waals surface area contributed by atoms with Crippen molar-refractivity contribution in [2.75, 3.05) is 19.6 Å². The Morgan fingerprint density at radius 2 is 1.91 bits per heavy atom. The fraction of sp³-hybridized carbons (Fsp3) is 0.286. The maximum absolute atomic E-state index is 12.7. The number of amides is 3. The number of nitrogens with one attached hydrogen (secondary N) is 3. The molecule has 2 heterocycles. The molecule has 1 aromatic heterocycles. The fourth-order valence-corrected chi connectivity index (χ4v) is 4.52. The molecule has 3 amide bonds. The van der Waals surface area contributed by atoms with E-state index in [1.807, 2.05) is 0 Å². The number of rotatable bonds is 9. The van der Waals surface area contributed by atoms with Crippen LogP contribution in [0.1, 0.15) is 34.3 Å². The number of nitrogen functional groups attached to an aromatic ring is 1. The number of benzene rings is 1. The number of amidine groups is 1. The van der Waals surface area contributed by atoms with Crippen LogP contribution in [0.15, 0.2) is 41.1 Å². The second-order valence-electron chi connectivity index (χ2n) is 7.32. The van der Waals surface area contributed by atoms with Crippen molar-refractivity contribution in [2.24, 2.45) is 5.73 Å². The highest BCUT2D eigenvalue weighted by atomic mass is 32.1. The fourth-order valence-electron chi connectivity index (χ4n) is 3.78. The molecule has 1 unspecified atom stereocenters. The van der Waals surface area contributed by atoms with Crippen LogP contribution in [0.2, 0.25) is 0 Å². The summed E-state index contributed by atoms with van der Waals surface area (Å²) in [7, 11) is 0. The molecule has 32 heavy (non-hydrogen) atoms. The summed E-state index contributed by atoms with van der Waals surface area (Å²) in [5, 5.41) is 25.8. The lowest BCUT2D eigenvalue weighted by Crippen LogP contribution is -2.61. The van der Waals surface area contributed by atoms with Gasteiger partial charge in [0.05, 0.1) is 12.0 Å². The normalized spacial score (nSPS) is 15.6. The minimum absolute atomic E-state index is 0.0712. The number of carboxylic acids is 1. The van der Waals surface area contributed by atoms with Crippen molar-refractivity contribution < 1.29 is 24.3 Å². The second-order valence-corrected chi connectivity index (χ2v) is 8.10. The van der Waals surface area contributed by atoms with Gasteiger partial charge in [-0.3, -0.25) is 24.6 Å². The van der Waals surface area contributed by atoms with Gasteiger partial charge in [-0.25, -0.2) is 0 Å². The zero-order chi connectivity index (χ0) is 23.3. The minimum atomic E-state index is -1.29. The van der Waals surface area contributed by atoms with Crippen LogP contribution >= 0.6 is 11.3 Å². The van der Waals surface area contributed by atoms with Crippen LogP contribution in [0.25, 0.3) is 0 Å². The van der Waals surface area contributed by atoms with Crippen molar-refractivity contribution in [3.05, 3.63) is 57.8 Å². The molecular formula is C21H23N5O5S. The standard InChI is InChI=1S/C21H23N5O5S/c22-17(23)13-1-3-14(4-2-13)18(29)24-7-6-21(11-16(27)28,15-5-10-32-12-15)26-9-8-25-19(30)20(26)31/h1-5,10,12H,6-9,11H2,(H3,22,23)(H,24,29)(H,25,30)(H,27,28). The number of thiophene rings is 1. The van der Waals surface area contributed by atoms with E-state index in [0.29, 0.717) is 16.7 Å². The SMILES string of the molecule is N=C(N)c1ccc(C(=O)NCCC(CC(=O)O)(c2ccsc2)N2CCNC(=O)C2=O)cc1.